The van der Waals surface area contributed by atoms with E-state index in [1.807, 2.05) is 35.8 Å². The second-order valence-corrected chi connectivity index (χ2v) is 6.60. The zero-order chi connectivity index (χ0) is 18.5. The maximum absolute atomic E-state index is 12.3. The third kappa shape index (κ3) is 3.79. The van der Waals surface area contributed by atoms with Gasteiger partial charge < -0.3 is 14.0 Å². The van der Waals surface area contributed by atoms with Gasteiger partial charge in [0.1, 0.15) is 0 Å². The first-order chi connectivity index (χ1) is 12.6. The molecule has 0 saturated carbocycles. The fraction of sp³-hybridized carbons (Fsp3) is 0.200. The Morgan fingerprint density at radius 3 is 2.77 bits per heavy atom. The Hall–Kier alpha value is -3.04. The molecule has 132 valence electrons. The van der Waals surface area contributed by atoms with Crippen molar-refractivity contribution in [3.63, 3.8) is 0 Å². The summed E-state index contributed by atoms with van der Waals surface area (Å²) >= 11 is 1.44. The largest absolute Gasteiger partial charge is 0.493 e. The van der Waals surface area contributed by atoms with Gasteiger partial charge in [-0.05, 0) is 36.8 Å². The number of benzene rings is 2. The molecule has 0 bridgehead atoms. The van der Waals surface area contributed by atoms with Crippen LogP contribution in [0.4, 0.5) is 0 Å². The highest BCUT2D eigenvalue weighted by Gasteiger charge is 2.09. The van der Waals surface area contributed by atoms with Crippen molar-refractivity contribution in [2.24, 2.45) is 4.99 Å². The summed E-state index contributed by atoms with van der Waals surface area (Å²) in [4.78, 5) is 17.1. The van der Waals surface area contributed by atoms with Gasteiger partial charge in [0.15, 0.2) is 22.9 Å². The Kier molecular flexibility index (Phi) is 5.40. The second-order valence-electron chi connectivity index (χ2n) is 5.59. The molecule has 0 radical (unpaired) electrons. The number of hydrogen-bond acceptors (Lipinski definition) is 4. The van der Waals surface area contributed by atoms with E-state index in [9.17, 15) is 4.79 Å². The summed E-state index contributed by atoms with van der Waals surface area (Å²) in [6.07, 6.45) is 5.48. The smallest absolute Gasteiger partial charge is 0.286 e. The molecule has 1 aromatic heterocycles. The fourth-order valence-corrected chi connectivity index (χ4v) is 3.67. The molecule has 0 aliphatic carbocycles. The van der Waals surface area contributed by atoms with Gasteiger partial charge in [0.25, 0.3) is 5.91 Å². The summed E-state index contributed by atoms with van der Waals surface area (Å²) < 4.78 is 13.6. The van der Waals surface area contributed by atoms with Crippen molar-refractivity contribution in [3.05, 3.63) is 52.8 Å². The van der Waals surface area contributed by atoms with Crippen molar-refractivity contribution < 1.29 is 14.3 Å². The fourth-order valence-electron chi connectivity index (χ4n) is 2.53. The van der Waals surface area contributed by atoms with Crippen molar-refractivity contribution in [1.82, 2.24) is 4.57 Å². The molecule has 0 unspecified atom stereocenters. The van der Waals surface area contributed by atoms with Gasteiger partial charge in [-0.15, -0.1) is 6.42 Å². The van der Waals surface area contributed by atoms with Gasteiger partial charge in [0.05, 0.1) is 23.9 Å². The molecule has 1 heterocycles. The summed E-state index contributed by atoms with van der Waals surface area (Å²) in [5.74, 6) is 3.30. The van der Waals surface area contributed by atoms with Crippen LogP contribution in [0, 0.1) is 19.3 Å². The number of carbonyl (C=O) groups is 1. The summed E-state index contributed by atoms with van der Waals surface area (Å²) in [5, 5.41) is 0. The number of carbonyl (C=O) groups excluding carboxylic acids is 1. The second kappa shape index (κ2) is 7.89. The molecule has 5 nitrogen and oxygen atoms in total. The Morgan fingerprint density at radius 2 is 2.04 bits per heavy atom. The highest BCUT2D eigenvalue weighted by Crippen LogP contribution is 2.25. The van der Waals surface area contributed by atoms with Crippen LogP contribution in [-0.2, 0) is 11.3 Å². The Bertz CT molecular complexity index is 1060. The van der Waals surface area contributed by atoms with Crippen molar-refractivity contribution in [2.45, 2.75) is 13.5 Å². The number of para-hydroxylation sites is 2. The minimum Gasteiger partial charge on any atom is -0.493 e. The van der Waals surface area contributed by atoms with Crippen LogP contribution in [0.2, 0.25) is 0 Å². The zero-order valence-corrected chi connectivity index (χ0v) is 15.4. The van der Waals surface area contributed by atoms with Gasteiger partial charge in [-0.1, -0.05) is 35.5 Å². The van der Waals surface area contributed by atoms with Crippen LogP contribution in [0.3, 0.4) is 0 Å². The topological polar surface area (TPSA) is 52.8 Å². The lowest BCUT2D eigenvalue weighted by atomic mass is 10.2. The number of thiazole rings is 1. The number of fused-ring (bicyclic) bond motifs is 1. The van der Waals surface area contributed by atoms with Crippen LogP contribution in [0.25, 0.3) is 10.2 Å². The van der Waals surface area contributed by atoms with E-state index in [0.717, 1.165) is 15.8 Å². The summed E-state index contributed by atoms with van der Waals surface area (Å²) in [7, 11) is 1.55. The summed E-state index contributed by atoms with van der Waals surface area (Å²) in [6, 6.07) is 13.2. The van der Waals surface area contributed by atoms with Gasteiger partial charge in [-0.2, -0.15) is 4.99 Å². The van der Waals surface area contributed by atoms with E-state index in [2.05, 4.69) is 17.0 Å². The van der Waals surface area contributed by atoms with Crippen molar-refractivity contribution in [3.8, 4) is 23.8 Å². The van der Waals surface area contributed by atoms with Crippen LogP contribution in [-0.4, -0.2) is 24.2 Å². The molecule has 0 fully saturated rings. The molecular weight excluding hydrogens is 348 g/mol. The summed E-state index contributed by atoms with van der Waals surface area (Å²) in [5.41, 5.74) is 2.11. The predicted molar refractivity (Wildman–Crippen MR) is 102 cm³/mol. The molecule has 3 aromatic rings. The standard InChI is InChI=1S/C20H18N2O3S/c1-4-11-22-15-10-9-14(2)12-18(15)26-20(22)21-19(23)13-25-17-8-6-5-7-16(17)24-3/h1,5-10,12H,11,13H2,2-3H3. The number of ether oxygens (including phenoxy) is 2. The van der Waals surface area contributed by atoms with Gasteiger partial charge in [0.2, 0.25) is 0 Å². The number of hydrogen-bond donors (Lipinski definition) is 0. The number of aryl methyl sites for hydroxylation is 1. The molecule has 0 N–H and O–H groups in total. The quantitative estimate of drug-likeness (QED) is 0.652. The average Bonchev–Trinajstić information content (AvgIpc) is 2.96. The molecule has 0 aliphatic rings. The third-order valence-corrected chi connectivity index (χ3v) is 4.77. The molecule has 0 saturated heterocycles. The molecule has 6 heteroatoms. The summed E-state index contributed by atoms with van der Waals surface area (Å²) in [6.45, 7) is 2.19. The van der Waals surface area contributed by atoms with Crippen molar-refractivity contribution in [1.29, 1.82) is 0 Å². The lowest BCUT2D eigenvalue weighted by Crippen LogP contribution is -2.19. The SMILES string of the molecule is C#CCn1c(=NC(=O)COc2ccccc2OC)sc2cc(C)ccc21. The first-order valence-electron chi connectivity index (χ1n) is 7.99. The molecule has 2 aromatic carbocycles. The van der Waals surface area contributed by atoms with Crippen LogP contribution in [0.5, 0.6) is 11.5 Å². The lowest BCUT2D eigenvalue weighted by molar-refractivity contribution is -0.120. The van der Waals surface area contributed by atoms with E-state index in [0.29, 0.717) is 22.8 Å². The van der Waals surface area contributed by atoms with E-state index in [-0.39, 0.29) is 12.5 Å². The molecule has 0 spiro atoms. The molecular formula is C20H18N2O3S. The number of rotatable bonds is 5. The minimum absolute atomic E-state index is 0.177. The molecule has 1 amide bonds. The Morgan fingerprint density at radius 1 is 1.27 bits per heavy atom. The number of amides is 1. The van der Waals surface area contributed by atoms with E-state index < -0.39 is 0 Å². The Labute approximate surface area is 155 Å². The van der Waals surface area contributed by atoms with E-state index >= 15 is 0 Å². The molecule has 0 atom stereocenters. The van der Waals surface area contributed by atoms with Crippen molar-refractivity contribution >= 4 is 27.5 Å². The van der Waals surface area contributed by atoms with E-state index in [1.54, 1.807) is 19.2 Å². The van der Waals surface area contributed by atoms with Crippen molar-refractivity contribution in [2.75, 3.05) is 13.7 Å². The average molecular weight is 366 g/mol. The van der Waals surface area contributed by atoms with Crippen LogP contribution >= 0.6 is 11.3 Å². The van der Waals surface area contributed by atoms with E-state index in [4.69, 9.17) is 15.9 Å². The van der Waals surface area contributed by atoms with Crippen LogP contribution in [0.15, 0.2) is 47.5 Å². The zero-order valence-electron chi connectivity index (χ0n) is 14.6. The first kappa shape index (κ1) is 17.8. The molecule has 0 aliphatic heterocycles. The number of aromatic nitrogens is 1. The van der Waals surface area contributed by atoms with Gasteiger partial charge in [0, 0.05) is 0 Å². The highest BCUT2D eigenvalue weighted by atomic mass is 32.1. The monoisotopic (exact) mass is 366 g/mol. The predicted octanol–water partition coefficient (Wildman–Crippen LogP) is 3.16. The van der Waals surface area contributed by atoms with Gasteiger partial charge in [-0.3, -0.25) is 4.79 Å². The molecule has 26 heavy (non-hydrogen) atoms. The lowest BCUT2D eigenvalue weighted by Gasteiger charge is -2.08. The van der Waals surface area contributed by atoms with Gasteiger partial charge in [-0.25, -0.2) is 0 Å². The number of terminal acetylenes is 1. The van der Waals surface area contributed by atoms with E-state index in [1.165, 1.54) is 11.3 Å². The van der Waals surface area contributed by atoms with Gasteiger partial charge >= 0.3 is 0 Å². The van der Waals surface area contributed by atoms with Crippen LogP contribution < -0.4 is 14.3 Å². The Balaban J connectivity index is 1.88. The van der Waals surface area contributed by atoms with Crippen LogP contribution in [0.1, 0.15) is 5.56 Å². The maximum Gasteiger partial charge on any atom is 0.286 e. The molecule has 3 rings (SSSR count). The maximum atomic E-state index is 12.3. The normalized spacial score (nSPS) is 11.3. The highest BCUT2D eigenvalue weighted by molar-refractivity contribution is 7.16. The minimum atomic E-state index is -0.384. The first-order valence-corrected chi connectivity index (χ1v) is 8.81. The number of nitrogens with zero attached hydrogens (tertiary/aromatic N) is 2. The number of methoxy groups -OCH3 is 1. The third-order valence-electron chi connectivity index (χ3n) is 3.73.